The summed E-state index contributed by atoms with van der Waals surface area (Å²) < 4.78 is 39.0. The Kier molecular flexibility index (Phi) is 4.26. The molecule has 1 aromatic heterocycles. The minimum Gasteiger partial charge on any atom is -0.362 e. The Bertz CT molecular complexity index is 1040. The first kappa shape index (κ1) is 18.9. The summed E-state index contributed by atoms with van der Waals surface area (Å²) in [7, 11) is -4.02. The summed E-state index contributed by atoms with van der Waals surface area (Å²) in [6.45, 7) is 2.77. The number of nitrogens with zero attached hydrogens (tertiary/aromatic N) is 2. The van der Waals surface area contributed by atoms with Gasteiger partial charge in [0.1, 0.15) is 11.7 Å². The number of pyridine rings is 1. The summed E-state index contributed by atoms with van der Waals surface area (Å²) in [5.74, 6) is -1.73. The first-order chi connectivity index (χ1) is 12.5. The molecule has 3 rings (SSSR count). The van der Waals surface area contributed by atoms with Crippen molar-refractivity contribution in [2.45, 2.75) is 24.1 Å². The third kappa shape index (κ3) is 2.85. The molecule has 2 aromatic rings. The molecule has 0 bridgehead atoms. The molecule has 8 nitrogen and oxygen atoms in total. The van der Waals surface area contributed by atoms with Gasteiger partial charge in [0.15, 0.2) is 14.6 Å². The van der Waals surface area contributed by atoms with Crippen molar-refractivity contribution in [3.05, 3.63) is 69.8 Å². The molecule has 0 saturated carbocycles. The van der Waals surface area contributed by atoms with Crippen molar-refractivity contribution in [3.63, 3.8) is 0 Å². The molecule has 1 saturated heterocycles. The van der Waals surface area contributed by atoms with Crippen molar-refractivity contribution in [2.24, 2.45) is 0 Å². The van der Waals surface area contributed by atoms with Crippen LogP contribution in [0.4, 0.5) is 10.1 Å². The number of sulfone groups is 1. The smallest absolute Gasteiger partial charge is 0.269 e. The van der Waals surface area contributed by atoms with Crippen LogP contribution in [-0.2, 0) is 20.1 Å². The quantitative estimate of drug-likeness (QED) is 0.609. The Morgan fingerprint density at radius 2 is 2.00 bits per heavy atom. The fourth-order valence-corrected chi connectivity index (χ4v) is 5.32. The number of non-ortho nitro benzene ring substituents is 1. The van der Waals surface area contributed by atoms with Crippen LogP contribution in [0.3, 0.4) is 0 Å². The second kappa shape index (κ2) is 6.08. The second-order valence-corrected chi connectivity index (χ2v) is 9.10. The number of aromatic nitrogens is 1. The van der Waals surface area contributed by atoms with Crippen molar-refractivity contribution in [2.75, 3.05) is 5.75 Å². The maximum Gasteiger partial charge on any atom is 0.269 e. The molecule has 1 aromatic carbocycles. The number of halogens is 1. The van der Waals surface area contributed by atoms with Gasteiger partial charge in [-0.05, 0) is 32.0 Å². The summed E-state index contributed by atoms with van der Waals surface area (Å²) in [6, 6.07) is 7.66. The van der Waals surface area contributed by atoms with Crippen molar-refractivity contribution in [1.82, 2.24) is 10.3 Å². The number of rotatable bonds is 3. The van der Waals surface area contributed by atoms with Crippen LogP contribution in [-0.4, -0.2) is 29.9 Å². The topological polar surface area (TPSA) is 126 Å². The highest BCUT2D eigenvalue weighted by Gasteiger charge is 2.55. The summed E-state index contributed by atoms with van der Waals surface area (Å²) in [5, 5.41) is 22.2. The number of amidine groups is 1. The molecule has 0 radical (unpaired) electrons. The first-order valence-electron chi connectivity index (χ1n) is 7.97. The lowest BCUT2D eigenvalue weighted by atomic mass is 9.90. The van der Waals surface area contributed by atoms with E-state index in [4.69, 9.17) is 5.41 Å². The van der Waals surface area contributed by atoms with Crippen LogP contribution in [0.2, 0.25) is 0 Å². The summed E-state index contributed by atoms with van der Waals surface area (Å²) >= 11 is 0. The fraction of sp³-hybridized carbons (Fsp3) is 0.294. The van der Waals surface area contributed by atoms with E-state index in [1.54, 1.807) is 12.1 Å². The van der Waals surface area contributed by atoms with Crippen LogP contribution in [0.25, 0.3) is 0 Å². The lowest BCUT2D eigenvalue weighted by molar-refractivity contribution is -0.385. The summed E-state index contributed by atoms with van der Waals surface area (Å²) in [5.41, 5.74) is -1.92. The lowest BCUT2D eigenvalue weighted by Gasteiger charge is -2.44. The maximum atomic E-state index is 14.4. The molecule has 1 fully saturated rings. The van der Waals surface area contributed by atoms with E-state index in [1.807, 2.05) is 0 Å². The van der Waals surface area contributed by atoms with E-state index in [9.17, 15) is 22.9 Å². The van der Waals surface area contributed by atoms with Crippen molar-refractivity contribution < 1.29 is 17.7 Å². The van der Waals surface area contributed by atoms with E-state index in [-0.39, 0.29) is 22.8 Å². The molecule has 0 amide bonds. The number of nitro benzene ring substituents is 1. The molecule has 0 spiro atoms. The predicted octanol–water partition coefficient (Wildman–Crippen LogP) is 2.25. The van der Waals surface area contributed by atoms with Gasteiger partial charge < -0.3 is 5.32 Å². The van der Waals surface area contributed by atoms with Crippen LogP contribution >= 0.6 is 0 Å². The van der Waals surface area contributed by atoms with Gasteiger partial charge in [0, 0.05) is 23.9 Å². The lowest BCUT2D eigenvalue weighted by Crippen LogP contribution is -2.63. The van der Waals surface area contributed by atoms with E-state index in [0.717, 1.165) is 18.2 Å². The summed E-state index contributed by atoms with van der Waals surface area (Å²) in [6.07, 6.45) is 1.43. The number of hydrogen-bond donors (Lipinski definition) is 2. The highest BCUT2D eigenvalue weighted by Crippen LogP contribution is 2.40. The van der Waals surface area contributed by atoms with Crippen LogP contribution in [0, 0.1) is 21.3 Å². The van der Waals surface area contributed by atoms with Crippen molar-refractivity contribution >= 4 is 21.4 Å². The third-order valence-electron chi connectivity index (χ3n) is 4.89. The standard InChI is InChI=1S/C17H17FN4O4S/c1-16(12-9-11(22(23)24)6-7-13(12)18)10-27(25,26)17(2,15(19)21-16)14-5-3-4-8-20-14/h3-9H,10H2,1-2H3,(H2,19,21)/t16-,17+/m0/s1. The number of hydrogen-bond acceptors (Lipinski definition) is 6. The van der Waals surface area contributed by atoms with Gasteiger partial charge in [-0.15, -0.1) is 0 Å². The molecule has 10 heteroatoms. The highest BCUT2D eigenvalue weighted by molar-refractivity contribution is 7.93. The second-order valence-electron chi connectivity index (χ2n) is 6.76. The molecule has 1 aliphatic rings. The van der Waals surface area contributed by atoms with E-state index in [0.29, 0.717) is 0 Å². The molecular weight excluding hydrogens is 375 g/mol. The SMILES string of the molecule is C[C@@]1(c2ccccn2)C(=N)N[C@](C)(c2cc([N+](=O)[O-])ccc2F)CS1(=O)=O. The van der Waals surface area contributed by atoms with Crippen LogP contribution in [0.5, 0.6) is 0 Å². The minimum absolute atomic E-state index is 0.170. The molecule has 142 valence electrons. The molecule has 0 aliphatic carbocycles. The Hall–Kier alpha value is -2.88. The Labute approximate surface area is 155 Å². The largest absolute Gasteiger partial charge is 0.362 e. The van der Waals surface area contributed by atoms with Gasteiger partial charge in [-0.25, -0.2) is 12.8 Å². The van der Waals surface area contributed by atoms with Gasteiger partial charge in [0.2, 0.25) is 0 Å². The molecule has 2 heterocycles. The van der Waals surface area contributed by atoms with E-state index in [1.165, 1.54) is 26.1 Å². The molecule has 1 aliphatic heterocycles. The maximum absolute atomic E-state index is 14.4. The average molecular weight is 392 g/mol. The third-order valence-corrected chi connectivity index (χ3v) is 7.50. The van der Waals surface area contributed by atoms with Gasteiger partial charge >= 0.3 is 0 Å². The number of nitro groups is 1. The zero-order chi connectivity index (χ0) is 20.0. The van der Waals surface area contributed by atoms with Crippen LogP contribution in [0.1, 0.15) is 25.1 Å². The van der Waals surface area contributed by atoms with Crippen molar-refractivity contribution in [1.29, 1.82) is 5.41 Å². The highest BCUT2D eigenvalue weighted by atomic mass is 32.2. The Morgan fingerprint density at radius 1 is 1.30 bits per heavy atom. The monoisotopic (exact) mass is 392 g/mol. The average Bonchev–Trinajstić information content (AvgIpc) is 2.60. The van der Waals surface area contributed by atoms with Crippen LogP contribution in [0.15, 0.2) is 42.6 Å². The summed E-state index contributed by atoms with van der Waals surface area (Å²) in [4.78, 5) is 14.4. The zero-order valence-electron chi connectivity index (χ0n) is 14.6. The van der Waals surface area contributed by atoms with E-state index < -0.39 is 36.6 Å². The molecule has 2 N–H and O–H groups in total. The van der Waals surface area contributed by atoms with Gasteiger partial charge in [-0.2, -0.15) is 0 Å². The normalized spacial score (nSPS) is 27.0. The van der Waals surface area contributed by atoms with Gasteiger partial charge in [-0.1, -0.05) is 6.07 Å². The predicted molar refractivity (Wildman–Crippen MR) is 96.6 cm³/mol. The molecule has 2 atom stereocenters. The molecule has 0 unspecified atom stereocenters. The molecule has 27 heavy (non-hydrogen) atoms. The number of benzene rings is 1. The van der Waals surface area contributed by atoms with Crippen molar-refractivity contribution in [3.8, 4) is 0 Å². The minimum atomic E-state index is -4.02. The fourth-order valence-electron chi connectivity index (χ4n) is 3.24. The van der Waals surface area contributed by atoms with Gasteiger partial charge in [-0.3, -0.25) is 20.5 Å². The van der Waals surface area contributed by atoms with Gasteiger partial charge in [0.05, 0.1) is 21.9 Å². The zero-order valence-corrected chi connectivity index (χ0v) is 15.4. The van der Waals surface area contributed by atoms with E-state index >= 15 is 0 Å². The Balaban J connectivity index is 2.13. The van der Waals surface area contributed by atoms with E-state index in [2.05, 4.69) is 10.3 Å². The first-order valence-corrected chi connectivity index (χ1v) is 9.62. The molecular formula is C17H17FN4O4S. The number of nitrogens with one attached hydrogen (secondary N) is 2. The van der Waals surface area contributed by atoms with Gasteiger partial charge in [0.25, 0.3) is 5.69 Å². The Morgan fingerprint density at radius 3 is 2.56 bits per heavy atom. The van der Waals surface area contributed by atoms with Crippen LogP contribution < -0.4 is 5.32 Å².